The fourth-order valence-corrected chi connectivity index (χ4v) is 1.86. The molecular weight excluding hydrogens is 236 g/mol. The van der Waals surface area contributed by atoms with Crippen LogP contribution in [0.25, 0.3) is 10.9 Å². The van der Waals surface area contributed by atoms with Gasteiger partial charge in [-0.2, -0.15) is 0 Å². The van der Waals surface area contributed by atoms with Gasteiger partial charge in [0.25, 0.3) is 5.91 Å². The van der Waals surface area contributed by atoms with Crippen LogP contribution in [0.3, 0.4) is 0 Å². The Morgan fingerprint density at radius 1 is 1.00 bits per heavy atom. The van der Waals surface area contributed by atoms with Crippen molar-refractivity contribution in [3.63, 3.8) is 0 Å². The van der Waals surface area contributed by atoms with E-state index in [-0.39, 0.29) is 5.91 Å². The maximum absolute atomic E-state index is 12.1. The molecule has 1 heterocycles. The molecule has 1 aromatic heterocycles. The first-order valence-electron chi connectivity index (χ1n) is 5.96. The summed E-state index contributed by atoms with van der Waals surface area (Å²) in [6, 6.07) is 21.3. The van der Waals surface area contributed by atoms with E-state index in [2.05, 4.69) is 16.4 Å². The third-order valence-electron chi connectivity index (χ3n) is 2.81. The number of carbonyl (C=O) groups is 1. The molecule has 3 rings (SSSR count). The molecule has 1 radical (unpaired) electrons. The molecule has 0 bridgehead atoms. The van der Waals surface area contributed by atoms with E-state index in [1.54, 1.807) is 30.3 Å². The molecule has 0 aliphatic carbocycles. The van der Waals surface area contributed by atoms with E-state index in [1.165, 1.54) is 0 Å². The Morgan fingerprint density at radius 3 is 2.63 bits per heavy atom. The Balaban J connectivity index is 1.89. The summed E-state index contributed by atoms with van der Waals surface area (Å²) in [6.07, 6.45) is 0. The Hall–Kier alpha value is -2.68. The Labute approximate surface area is 110 Å². The second-order valence-corrected chi connectivity index (χ2v) is 4.13. The van der Waals surface area contributed by atoms with Crippen molar-refractivity contribution >= 4 is 22.5 Å². The van der Waals surface area contributed by atoms with Crippen LogP contribution in [0.1, 0.15) is 10.5 Å². The van der Waals surface area contributed by atoms with Crippen LogP contribution in [-0.4, -0.2) is 10.9 Å². The topological polar surface area (TPSA) is 42.0 Å². The van der Waals surface area contributed by atoms with Crippen LogP contribution in [-0.2, 0) is 0 Å². The lowest BCUT2D eigenvalue weighted by molar-refractivity contribution is 0.102. The van der Waals surface area contributed by atoms with Crippen molar-refractivity contribution in [1.29, 1.82) is 0 Å². The number of rotatable bonds is 2. The highest BCUT2D eigenvalue weighted by Crippen LogP contribution is 2.13. The van der Waals surface area contributed by atoms with Crippen molar-refractivity contribution < 1.29 is 4.79 Å². The van der Waals surface area contributed by atoms with Crippen LogP contribution in [0.15, 0.2) is 60.7 Å². The lowest BCUT2D eigenvalue weighted by Crippen LogP contribution is -2.13. The summed E-state index contributed by atoms with van der Waals surface area (Å²) >= 11 is 0. The first-order valence-corrected chi connectivity index (χ1v) is 5.96. The third-order valence-corrected chi connectivity index (χ3v) is 2.81. The van der Waals surface area contributed by atoms with Crippen LogP contribution >= 0.6 is 0 Å². The molecule has 3 nitrogen and oxygen atoms in total. The largest absolute Gasteiger partial charge is 0.321 e. The quantitative estimate of drug-likeness (QED) is 0.755. The van der Waals surface area contributed by atoms with Crippen molar-refractivity contribution in [2.75, 3.05) is 5.32 Å². The maximum atomic E-state index is 12.1. The van der Waals surface area contributed by atoms with Crippen molar-refractivity contribution in [2.24, 2.45) is 0 Å². The van der Waals surface area contributed by atoms with Crippen LogP contribution in [0.5, 0.6) is 0 Å². The third kappa shape index (κ3) is 2.45. The number of amides is 1. The first kappa shape index (κ1) is 11.4. The van der Waals surface area contributed by atoms with Gasteiger partial charge in [0.2, 0.25) is 0 Å². The van der Waals surface area contributed by atoms with Gasteiger partial charge in [0.05, 0.1) is 5.52 Å². The lowest BCUT2D eigenvalue weighted by atomic mass is 10.2. The summed E-state index contributed by atoms with van der Waals surface area (Å²) in [4.78, 5) is 16.4. The highest BCUT2D eigenvalue weighted by atomic mass is 16.1. The molecule has 91 valence electrons. The minimum Gasteiger partial charge on any atom is -0.321 e. The SMILES string of the molecule is O=C(Nc1cc[c]cc1)c1ccc2ccccc2n1. The molecule has 0 unspecified atom stereocenters. The van der Waals surface area contributed by atoms with Gasteiger partial charge < -0.3 is 5.32 Å². The minimum atomic E-state index is -0.211. The van der Waals surface area contributed by atoms with Crippen LogP contribution < -0.4 is 5.32 Å². The van der Waals surface area contributed by atoms with E-state index in [9.17, 15) is 4.79 Å². The fourth-order valence-electron chi connectivity index (χ4n) is 1.86. The minimum absolute atomic E-state index is 0.211. The van der Waals surface area contributed by atoms with E-state index >= 15 is 0 Å². The summed E-state index contributed by atoms with van der Waals surface area (Å²) in [6.45, 7) is 0. The monoisotopic (exact) mass is 247 g/mol. The van der Waals surface area contributed by atoms with Crippen LogP contribution in [0.4, 0.5) is 5.69 Å². The van der Waals surface area contributed by atoms with Gasteiger partial charge in [0, 0.05) is 11.1 Å². The summed E-state index contributed by atoms with van der Waals surface area (Å²) in [5.41, 5.74) is 1.96. The molecule has 19 heavy (non-hydrogen) atoms. The van der Waals surface area contributed by atoms with Gasteiger partial charge in [-0.25, -0.2) is 4.98 Å². The van der Waals surface area contributed by atoms with E-state index in [0.29, 0.717) is 5.69 Å². The highest BCUT2D eigenvalue weighted by Gasteiger charge is 2.08. The highest BCUT2D eigenvalue weighted by molar-refractivity contribution is 6.04. The number of hydrogen-bond acceptors (Lipinski definition) is 2. The zero-order valence-corrected chi connectivity index (χ0v) is 10.1. The predicted molar refractivity (Wildman–Crippen MR) is 75.0 cm³/mol. The molecule has 2 aromatic carbocycles. The predicted octanol–water partition coefficient (Wildman–Crippen LogP) is 3.29. The molecule has 0 atom stereocenters. The van der Waals surface area contributed by atoms with Crippen LogP contribution in [0, 0.1) is 6.07 Å². The van der Waals surface area contributed by atoms with Gasteiger partial charge in [0.1, 0.15) is 5.69 Å². The summed E-state index contributed by atoms with van der Waals surface area (Å²) < 4.78 is 0. The van der Waals surface area contributed by atoms with Gasteiger partial charge in [-0.1, -0.05) is 36.4 Å². The molecule has 0 spiro atoms. The number of benzene rings is 2. The number of hydrogen-bond donors (Lipinski definition) is 1. The molecule has 1 N–H and O–H groups in total. The van der Waals surface area contributed by atoms with Crippen molar-refractivity contribution in [1.82, 2.24) is 4.98 Å². The average Bonchev–Trinajstić information content (AvgIpc) is 2.48. The molecular formula is C16H11N2O. The fraction of sp³-hybridized carbons (Fsp3) is 0. The van der Waals surface area contributed by atoms with Gasteiger partial charge in [-0.05, 0) is 30.3 Å². The zero-order valence-electron chi connectivity index (χ0n) is 10.1. The zero-order chi connectivity index (χ0) is 13.1. The van der Waals surface area contributed by atoms with E-state index in [4.69, 9.17) is 0 Å². The maximum Gasteiger partial charge on any atom is 0.274 e. The number of nitrogens with zero attached hydrogens (tertiary/aromatic N) is 1. The van der Waals surface area contributed by atoms with Gasteiger partial charge in [-0.15, -0.1) is 0 Å². The normalized spacial score (nSPS) is 10.3. The summed E-state index contributed by atoms with van der Waals surface area (Å²) in [5.74, 6) is -0.211. The Kier molecular flexibility index (Phi) is 2.94. The second-order valence-electron chi connectivity index (χ2n) is 4.13. The van der Waals surface area contributed by atoms with Crippen molar-refractivity contribution in [3.05, 3.63) is 72.4 Å². The summed E-state index contributed by atoms with van der Waals surface area (Å²) in [5, 5.41) is 3.82. The number of carbonyl (C=O) groups excluding carboxylic acids is 1. The average molecular weight is 247 g/mol. The van der Waals surface area contributed by atoms with Gasteiger partial charge in [0.15, 0.2) is 0 Å². The van der Waals surface area contributed by atoms with E-state index in [1.807, 2.05) is 30.3 Å². The van der Waals surface area contributed by atoms with Crippen molar-refractivity contribution in [3.8, 4) is 0 Å². The number of para-hydroxylation sites is 1. The lowest BCUT2D eigenvalue weighted by Gasteiger charge is -2.05. The number of pyridine rings is 1. The number of nitrogens with one attached hydrogen (secondary N) is 1. The molecule has 0 fully saturated rings. The van der Waals surface area contributed by atoms with Gasteiger partial charge >= 0.3 is 0 Å². The Morgan fingerprint density at radius 2 is 1.79 bits per heavy atom. The number of aromatic nitrogens is 1. The molecule has 0 aliphatic heterocycles. The second kappa shape index (κ2) is 4.90. The number of anilines is 1. The molecule has 0 saturated carbocycles. The molecule has 1 amide bonds. The summed E-state index contributed by atoms with van der Waals surface area (Å²) in [7, 11) is 0. The molecule has 0 saturated heterocycles. The first-order chi connectivity index (χ1) is 9.33. The van der Waals surface area contributed by atoms with Gasteiger partial charge in [-0.3, -0.25) is 4.79 Å². The molecule has 3 heteroatoms. The Bertz CT molecular complexity index is 723. The smallest absolute Gasteiger partial charge is 0.274 e. The van der Waals surface area contributed by atoms with E-state index < -0.39 is 0 Å². The van der Waals surface area contributed by atoms with E-state index in [0.717, 1.165) is 16.6 Å². The molecule has 0 aliphatic rings. The van der Waals surface area contributed by atoms with Crippen molar-refractivity contribution in [2.45, 2.75) is 0 Å². The molecule has 3 aromatic rings. The van der Waals surface area contributed by atoms with Crippen LogP contribution in [0.2, 0.25) is 0 Å². The standard InChI is InChI=1S/C16H11N2O/c19-16(17-13-7-2-1-3-8-13)15-11-10-12-6-4-5-9-14(12)18-15/h2-11H,(H,17,19). The number of fused-ring (bicyclic) bond motifs is 1.